The van der Waals surface area contributed by atoms with E-state index in [1.165, 1.54) is 0 Å². The van der Waals surface area contributed by atoms with Crippen LogP contribution in [0.2, 0.25) is 0 Å². The van der Waals surface area contributed by atoms with E-state index < -0.39 is 24.9 Å². The molecule has 6 heteroatoms. The first-order valence-electron chi connectivity index (χ1n) is 6.64. The predicted octanol–water partition coefficient (Wildman–Crippen LogP) is 2.79. The van der Waals surface area contributed by atoms with E-state index in [0.717, 1.165) is 38.8 Å². The van der Waals surface area contributed by atoms with E-state index in [1.54, 1.807) is 0 Å². The highest BCUT2D eigenvalue weighted by Gasteiger charge is 2.21. The van der Waals surface area contributed by atoms with Crippen LogP contribution in [-0.4, -0.2) is 38.0 Å². The topological polar surface area (TPSA) is 24.1 Å². The van der Waals surface area contributed by atoms with Gasteiger partial charge in [0.2, 0.25) is 0 Å². The van der Waals surface area contributed by atoms with Gasteiger partial charge in [0.1, 0.15) is 0 Å². The Morgan fingerprint density at radius 2 is 1.06 bits per heavy atom. The van der Waals surface area contributed by atoms with Crippen LogP contribution in [0.15, 0.2) is 0 Å². The van der Waals surface area contributed by atoms with Crippen LogP contribution < -0.4 is 10.6 Å². The third-order valence-corrected chi connectivity index (χ3v) is 3.31. The lowest BCUT2D eigenvalue weighted by Crippen LogP contribution is -2.39. The molecule has 2 N–H and O–H groups in total. The quantitative estimate of drug-likeness (QED) is 0.754. The van der Waals surface area contributed by atoms with Crippen molar-refractivity contribution in [1.82, 2.24) is 10.6 Å². The minimum atomic E-state index is -2.18. The summed E-state index contributed by atoms with van der Waals surface area (Å²) in [6, 6.07) is -1.06. The third kappa shape index (κ3) is 6.00. The van der Waals surface area contributed by atoms with Crippen molar-refractivity contribution in [2.75, 3.05) is 13.1 Å². The SMILES string of the molecule is FC(F)C1CCCCN1.FC(F)C1CCCCN1. The van der Waals surface area contributed by atoms with Gasteiger partial charge in [0.05, 0.1) is 12.1 Å². The van der Waals surface area contributed by atoms with Crippen LogP contribution in [0.25, 0.3) is 0 Å². The molecule has 2 aliphatic rings. The van der Waals surface area contributed by atoms with Gasteiger partial charge >= 0.3 is 0 Å². The van der Waals surface area contributed by atoms with E-state index in [0.29, 0.717) is 12.8 Å². The molecule has 0 saturated carbocycles. The highest BCUT2D eigenvalue weighted by Crippen LogP contribution is 2.13. The van der Waals surface area contributed by atoms with Crippen molar-refractivity contribution in [3.05, 3.63) is 0 Å². The summed E-state index contributed by atoms with van der Waals surface area (Å²) in [4.78, 5) is 0. The summed E-state index contributed by atoms with van der Waals surface area (Å²) in [5.74, 6) is 0. The number of halogens is 4. The number of piperidine rings is 2. The van der Waals surface area contributed by atoms with Crippen LogP contribution in [0.1, 0.15) is 38.5 Å². The second-order valence-electron chi connectivity index (χ2n) is 4.78. The minimum Gasteiger partial charge on any atom is -0.309 e. The van der Waals surface area contributed by atoms with Crippen molar-refractivity contribution < 1.29 is 17.6 Å². The molecule has 2 rings (SSSR count). The zero-order valence-corrected chi connectivity index (χ0v) is 10.5. The molecule has 2 heterocycles. The highest BCUT2D eigenvalue weighted by atomic mass is 19.3. The summed E-state index contributed by atoms with van der Waals surface area (Å²) in [5, 5.41) is 5.54. The zero-order chi connectivity index (χ0) is 13.4. The van der Waals surface area contributed by atoms with Crippen molar-refractivity contribution in [2.45, 2.75) is 63.5 Å². The van der Waals surface area contributed by atoms with Gasteiger partial charge in [-0.2, -0.15) is 0 Å². The fraction of sp³-hybridized carbons (Fsp3) is 1.00. The van der Waals surface area contributed by atoms with E-state index in [-0.39, 0.29) is 0 Å². The molecular formula is C12H22F4N2. The lowest BCUT2D eigenvalue weighted by atomic mass is 10.1. The number of nitrogens with one attached hydrogen (secondary N) is 2. The average molecular weight is 270 g/mol. The normalized spacial score (nSPS) is 29.0. The smallest absolute Gasteiger partial charge is 0.253 e. The first-order chi connectivity index (χ1) is 8.61. The van der Waals surface area contributed by atoms with Gasteiger partial charge in [-0.1, -0.05) is 12.8 Å². The highest BCUT2D eigenvalue weighted by molar-refractivity contribution is 4.74. The lowest BCUT2D eigenvalue weighted by molar-refractivity contribution is 0.0849. The molecule has 0 spiro atoms. The summed E-state index contributed by atoms with van der Waals surface area (Å²) in [5.41, 5.74) is 0. The molecule has 2 fully saturated rings. The Bertz CT molecular complexity index is 180. The number of hydrogen-bond donors (Lipinski definition) is 2. The molecule has 0 aromatic carbocycles. The molecule has 2 unspecified atom stereocenters. The van der Waals surface area contributed by atoms with Crippen molar-refractivity contribution >= 4 is 0 Å². The second-order valence-corrected chi connectivity index (χ2v) is 4.78. The predicted molar refractivity (Wildman–Crippen MR) is 63.3 cm³/mol. The molecule has 2 nitrogen and oxygen atoms in total. The van der Waals surface area contributed by atoms with E-state index >= 15 is 0 Å². The van der Waals surface area contributed by atoms with Crippen molar-refractivity contribution in [3.8, 4) is 0 Å². The molecule has 0 aromatic heterocycles. The summed E-state index contributed by atoms with van der Waals surface area (Å²) >= 11 is 0. The minimum absolute atomic E-state index is 0.529. The first kappa shape index (κ1) is 15.7. The Morgan fingerprint density at radius 3 is 1.22 bits per heavy atom. The lowest BCUT2D eigenvalue weighted by Gasteiger charge is -2.21. The maximum Gasteiger partial charge on any atom is 0.253 e. The molecule has 0 aromatic rings. The zero-order valence-electron chi connectivity index (χ0n) is 10.5. The molecule has 0 amide bonds. The molecule has 0 radical (unpaired) electrons. The van der Waals surface area contributed by atoms with Crippen LogP contribution in [0.5, 0.6) is 0 Å². The van der Waals surface area contributed by atoms with Gasteiger partial charge in [-0.3, -0.25) is 0 Å². The van der Waals surface area contributed by atoms with Gasteiger partial charge in [0.25, 0.3) is 12.9 Å². The number of hydrogen-bond acceptors (Lipinski definition) is 2. The van der Waals surface area contributed by atoms with Crippen molar-refractivity contribution in [2.24, 2.45) is 0 Å². The average Bonchev–Trinajstić information content (AvgIpc) is 2.41. The van der Waals surface area contributed by atoms with Gasteiger partial charge in [0, 0.05) is 0 Å². The van der Waals surface area contributed by atoms with Crippen LogP contribution in [0.3, 0.4) is 0 Å². The molecular weight excluding hydrogens is 248 g/mol. The Labute approximate surface area is 106 Å². The molecule has 2 aliphatic heterocycles. The van der Waals surface area contributed by atoms with Crippen LogP contribution in [0, 0.1) is 0 Å². The summed E-state index contributed by atoms with van der Waals surface area (Å²) in [6.45, 7) is 1.52. The maximum atomic E-state index is 11.9. The van der Waals surface area contributed by atoms with Crippen LogP contribution in [0.4, 0.5) is 17.6 Å². The first-order valence-corrected chi connectivity index (χ1v) is 6.64. The van der Waals surface area contributed by atoms with E-state index in [2.05, 4.69) is 10.6 Å². The molecule has 2 atom stereocenters. The molecule has 0 bridgehead atoms. The number of rotatable bonds is 2. The van der Waals surface area contributed by atoms with Crippen LogP contribution in [-0.2, 0) is 0 Å². The fourth-order valence-electron chi connectivity index (χ4n) is 2.19. The Morgan fingerprint density at radius 1 is 0.667 bits per heavy atom. The third-order valence-electron chi connectivity index (χ3n) is 3.31. The maximum absolute atomic E-state index is 11.9. The molecule has 18 heavy (non-hydrogen) atoms. The van der Waals surface area contributed by atoms with Gasteiger partial charge in [-0.15, -0.1) is 0 Å². The molecule has 108 valence electrons. The summed E-state index contributed by atoms with van der Waals surface area (Å²) < 4.78 is 47.4. The molecule has 2 saturated heterocycles. The molecule has 0 aliphatic carbocycles. The number of alkyl halides is 4. The van der Waals surface area contributed by atoms with Gasteiger partial charge in [0.15, 0.2) is 0 Å². The Balaban J connectivity index is 0.000000180. The summed E-state index contributed by atoms with van der Waals surface area (Å²) in [6.07, 6.45) is 0.904. The van der Waals surface area contributed by atoms with Gasteiger partial charge in [-0.05, 0) is 38.8 Å². The van der Waals surface area contributed by atoms with E-state index in [4.69, 9.17) is 0 Å². The van der Waals surface area contributed by atoms with Gasteiger partial charge < -0.3 is 10.6 Å². The fourth-order valence-corrected chi connectivity index (χ4v) is 2.19. The summed E-state index contributed by atoms with van der Waals surface area (Å²) in [7, 11) is 0. The van der Waals surface area contributed by atoms with Crippen molar-refractivity contribution in [3.63, 3.8) is 0 Å². The largest absolute Gasteiger partial charge is 0.309 e. The Kier molecular flexibility index (Phi) is 7.58. The van der Waals surface area contributed by atoms with Crippen LogP contribution >= 0.6 is 0 Å². The Hall–Kier alpha value is -0.360. The van der Waals surface area contributed by atoms with E-state index in [9.17, 15) is 17.6 Å². The monoisotopic (exact) mass is 270 g/mol. The van der Waals surface area contributed by atoms with E-state index in [1.807, 2.05) is 0 Å². The van der Waals surface area contributed by atoms with Gasteiger partial charge in [-0.25, -0.2) is 17.6 Å². The van der Waals surface area contributed by atoms with Crippen molar-refractivity contribution in [1.29, 1.82) is 0 Å². The second kappa shape index (κ2) is 8.69. The standard InChI is InChI=1S/2C6H11F2N/c2*7-6(8)5-3-1-2-4-9-5/h2*5-6,9H,1-4H2.